The first-order chi connectivity index (χ1) is 17.5. The van der Waals surface area contributed by atoms with Gasteiger partial charge in [-0.2, -0.15) is 4.39 Å². The van der Waals surface area contributed by atoms with Gasteiger partial charge in [-0.25, -0.2) is 0 Å². The number of amides is 1. The number of hydrogen-bond donors (Lipinski definition) is 0. The lowest BCUT2D eigenvalue weighted by Gasteiger charge is -2.29. The zero-order valence-corrected chi connectivity index (χ0v) is 22.8. The Hall–Kier alpha value is -3.36. The van der Waals surface area contributed by atoms with Crippen molar-refractivity contribution in [2.24, 2.45) is 0 Å². The molecule has 37 heavy (non-hydrogen) atoms. The number of pyridine rings is 1. The van der Waals surface area contributed by atoms with E-state index in [0.29, 0.717) is 18.9 Å². The number of hydrogen-bond acceptors (Lipinski definition) is 6. The molecule has 4 heterocycles. The van der Waals surface area contributed by atoms with Crippen molar-refractivity contribution in [3.8, 4) is 11.1 Å². The first-order valence-electron chi connectivity index (χ1n) is 12.1. The maximum Gasteiger partial charge on any atom is 0.264 e. The summed E-state index contributed by atoms with van der Waals surface area (Å²) in [4.78, 5) is 17.1. The van der Waals surface area contributed by atoms with Gasteiger partial charge in [0.25, 0.3) is 5.91 Å². The molecule has 0 saturated carbocycles. The van der Waals surface area contributed by atoms with E-state index in [4.69, 9.17) is 4.74 Å². The van der Waals surface area contributed by atoms with Crippen LogP contribution in [-0.2, 0) is 10.3 Å². The molecule has 0 spiro atoms. The summed E-state index contributed by atoms with van der Waals surface area (Å²) in [5, 5.41) is 13.2. The zero-order valence-electron chi connectivity index (χ0n) is 21.7. The third-order valence-electron chi connectivity index (χ3n) is 6.66. The van der Waals surface area contributed by atoms with E-state index in [0.717, 1.165) is 46.4 Å². The molecule has 0 N–H and O–H groups in total. The van der Waals surface area contributed by atoms with Crippen molar-refractivity contribution in [2.45, 2.75) is 33.2 Å². The molecule has 0 bridgehead atoms. The SMILES string of the molecule is Cc1cc(P)c(N(C)C(=O)c2cn(C(C)(C)C)nc2F)cc1-c1cc(N2CCOCC2)c2nncn2c1. The summed E-state index contributed by atoms with van der Waals surface area (Å²) in [6.07, 6.45) is 5.15. The van der Waals surface area contributed by atoms with Crippen molar-refractivity contribution in [3.63, 3.8) is 0 Å². The molecule has 0 aliphatic carbocycles. The van der Waals surface area contributed by atoms with Crippen LogP contribution in [0.15, 0.2) is 36.9 Å². The fourth-order valence-corrected chi connectivity index (χ4v) is 5.08. The number of morpholine rings is 1. The van der Waals surface area contributed by atoms with E-state index in [9.17, 15) is 9.18 Å². The van der Waals surface area contributed by atoms with Gasteiger partial charge in [0.1, 0.15) is 11.9 Å². The minimum atomic E-state index is -0.780. The van der Waals surface area contributed by atoms with Crippen LogP contribution in [0.25, 0.3) is 16.8 Å². The Labute approximate surface area is 217 Å². The molecule has 1 amide bonds. The number of halogens is 1. The second-order valence-corrected chi connectivity index (χ2v) is 10.9. The fraction of sp³-hybridized carbons (Fsp3) is 0.385. The number of aryl methyl sites for hydroxylation is 1. The summed E-state index contributed by atoms with van der Waals surface area (Å²) < 4.78 is 23.6. The highest BCUT2D eigenvalue weighted by atomic mass is 31.0. The smallest absolute Gasteiger partial charge is 0.264 e. The molecule has 1 fully saturated rings. The standard InChI is InChI=1S/C26H31FN7O2P/c1-16-10-22(37)20(31(5)25(35)19-14-34(26(2,3)4)30-23(19)27)12-18(16)17-11-21(32-6-8-36-9-7-32)24-29-28-15-33(24)13-17/h10-15H,6-9,37H2,1-5H3. The van der Waals surface area contributed by atoms with Gasteiger partial charge in [0.05, 0.1) is 30.1 Å². The Balaban J connectivity index is 1.56. The molecule has 5 rings (SSSR count). The Kier molecular flexibility index (Phi) is 6.50. The van der Waals surface area contributed by atoms with Crippen molar-refractivity contribution < 1.29 is 13.9 Å². The van der Waals surface area contributed by atoms with Gasteiger partial charge in [0.2, 0.25) is 5.95 Å². The van der Waals surface area contributed by atoms with Gasteiger partial charge in [-0.05, 0) is 62.3 Å². The van der Waals surface area contributed by atoms with E-state index in [-0.39, 0.29) is 5.56 Å². The van der Waals surface area contributed by atoms with Crippen LogP contribution in [0, 0.1) is 12.9 Å². The Morgan fingerprint density at radius 3 is 2.57 bits per heavy atom. The van der Waals surface area contributed by atoms with Crippen LogP contribution in [0.1, 0.15) is 36.7 Å². The van der Waals surface area contributed by atoms with Gasteiger partial charge >= 0.3 is 0 Å². The number of benzene rings is 1. The second-order valence-electron chi connectivity index (χ2n) is 10.3. The van der Waals surface area contributed by atoms with Crippen molar-refractivity contribution in [1.29, 1.82) is 0 Å². The molecular weight excluding hydrogens is 492 g/mol. The van der Waals surface area contributed by atoms with Crippen molar-refractivity contribution in [1.82, 2.24) is 24.4 Å². The molecule has 0 radical (unpaired) electrons. The van der Waals surface area contributed by atoms with Crippen LogP contribution in [0.5, 0.6) is 0 Å². The lowest BCUT2D eigenvalue weighted by molar-refractivity contribution is 0.0989. The molecule has 11 heteroatoms. The van der Waals surface area contributed by atoms with Crippen LogP contribution in [0.4, 0.5) is 15.8 Å². The van der Waals surface area contributed by atoms with Gasteiger partial charge in [-0.3, -0.25) is 13.9 Å². The van der Waals surface area contributed by atoms with Gasteiger partial charge in [-0.15, -0.1) is 24.5 Å². The Morgan fingerprint density at radius 1 is 1.16 bits per heavy atom. The predicted molar refractivity (Wildman–Crippen MR) is 145 cm³/mol. The van der Waals surface area contributed by atoms with E-state index in [1.54, 1.807) is 13.4 Å². The molecule has 1 unspecified atom stereocenters. The largest absolute Gasteiger partial charge is 0.378 e. The van der Waals surface area contributed by atoms with Crippen molar-refractivity contribution in [2.75, 3.05) is 43.2 Å². The summed E-state index contributed by atoms with van der Waals surface area (Å²) in [5.41, 5.74) is 4.88. The van der Waals surface area contributed by atoms with Crippen LogP contribution < -0.4 is 15.1 Å². The van der Waals surface area contributed by atoms with E-state index in [1.807, 2.05) is 50.4 Å². The Morgan fingerprint density at radius 2 is 1.89 bits per heavy atom. The van der Waals surface area contributed by atoms with Gasteiger partial charge in [-0.1, -0.05) is 0 Å². The monoisotopic (exact) mass is 523 g/mol. The molecule has 1 atom stereocenters. The normalized spacial score (nSPS) is 14.4. The van der Waals surface area contributed by atoms with Crippen molar-refractivity contribution in [3.05, 3.63) is 54.0 Å². The molecular formula is C26H31FN7O2P. The summed E-state index contributed by atoms with van der Waals surface area (Å²) >= 11 is 0. The number of nitrogens with zero attached hydrogens (tertiary/aromatic N) is 7. The number of carbonyl (C=O) groups is 1. The van der Waals surface area contributed by atoms with E-state index >= 15 is 0 Å². The quantitative estimate of drug-likeness (QED) is 0.382. The highest BCUT2D eigenvalue weighted by molar-refractivity contribution is 7.28. The molecule has 1 aromatic carbocycles. The highest BCUT2D eigenvalue weighted by Gasteiger charge is 2.26. The average Bonchev–Trinajstić information content (AvgIpc) is 3.49. The molecule has 194 valence electrons. The van der Waals surface area contributed by atoms with E-state index < -0.39 is 17.4 Å². The van der Waals surface area contributed by atoms with E-state index in [2.05, 4.69) is 35.5 Å². The summed E-state index contributed by atoms with van der Waals surface area (Å²) in [6.45, 7) is 10.6. The highest BCUT2D eigenvalue weighted by Crippen LogP contribution is 2.33. The van der Waals surface area contributed by atoms with Crippen LogP contribution in [0.3, 0.4) is 0 Å². The van der Waals surface area contributed by atoms with Crippen LogP contribution >= 0.6 is 9.24 Å². The summed E-state index contributed by atoms with van der Waals surface area (Å²) in [7, 11) is 4.34. The first kappa shape index (κ1) is 25.3. The minimum Gasteiger partial charge on any atom is -0.378 e. The number of ether oxygens (including phenoxy) is 1. The lowest BCUT2D eigenvalue weighted by atomic mass is 10.00. The maximum atomic E-state index is 14.7. The molecule has 1 aliphatic heterocycles. The molecule has 4 aromatic rings. The summed E-state index contributed by atoms with van der Waals surface area (Å²) in [5.74, 6) is -1.24. The van der Waals surface area contributed by atoms with Crippen molar-refractivity contribution >= 4 is 37.5 Å². The number of aromatic nitrogens is 5. The topological polar surface area (TPSA) is 80.8 Å². The third-order valence-corrected chi connectivity index (χ3v) is 7.12. The molecule has 1 saturated heterocycles. The van der Waals surface area contributed by atoms with Gasteiger partial charge in [0, 0.05) is 38.1 Å². The third kappa shape index (κ3) is 4.71. The molecule has 3 aromatic heterocycles. The lowest BCUT2D eigenvalue weighted by Crippen LogP contribution is -2.36. The average molecular weight is 524 g/mol. The first-order valence-corrected chi connectivity index (χ1v) is 12.7. The minimum absolute atomic E-state index is 0.0653. The number of carbonyl (C=O) groups excluding carboxylic acids is 1. The zero-order chi connectivity index (χ0) is 26.5. The fourth-order valence-electron chi connectivity index (χ4n) is 4.55. The van der Waals surface area contributed by atoms with Gasteiger partial charge < -0.3 is 14.5 Å². The number of anilines is 2. The van der Waals surface area contributed by atoms with Gasteiger partial charge in [0.15, 0.2) is 5.65 Å². The number of fused-ring (bicyclic) bond motifs is 1. The molecule has 9 nitrogen and oxygen atoms in total. The van der Waals surface area contributed by atoms with E-state index in [1.165, 1.54) is 15.8 Å². The predicted octanol–water partition coefficient (Wildman–Crippen LogP) is 3.41. The van der Waals surface area contributed by atoms with Crippen LogP contribution in [0.2, 0.25) is 0 Å². The summed E-state index contributed by atoms with van der Waals surface area (Å²) in [6, 6.07) is 6.09. The molecule has 1 aliphatic rings. The number of rotatable bonds is 4. The maximum absolute atomic E-state index is 14.7. The second kappa shape index (κ2) is 9.50. The Bertz CT molecular complexity index is 1480. The van der Waals surface area contributed by atoms with Crippen LogP contribution in [-0.4, -0.2) is 63.6 Å².